The van der Waals surface area contributed by atoms with Crippen LogP contribution in [-0.2, 0) is 11.2 Å². The number of carbonyl (C=O) groups is 2. The lowest BCUT2D eigenvalue weighted by atomic mass is 9.93. The molecule has 0 saturated carbocycles. The predicted octanol–water partition coefficient (Wildman–Crippen LogP) is 4.09. The Kier molecular flexibility index (Phi) is 5.75. The third-order valence-corrected chi connectivity index (χ3v) is 4.90. The molecule has 0 aromatic heterocycles. The molecule has 0 fully saturated rings. The SMILES string of the molecule is O=C(NCCOc1ccccc1F)c1ccc2c(c1)CC(c1ccccc1)OC2=O. The predicted molar refractivity (Wildman–Crippen MR) is 109 cm³/mol. The van der Waals surface area contributed by atoms with E-state index >= 15 is 0 Å². The van der Waals surface area contributed by atoms with Crippen molar-refractivity contribution in [3.8, 4) is 5.75 Å². The maximum atomic E-state index is 13.5. The van der Waals surface area contributed by atoms with E-state index in [1.54, 1.807) is 30.3 Å². The molecular weight excluding hydrogens is 385 g/mol. The van der Waals surface area contributed by atoms with Crippen molar-refractivity contribution in [3.63, 3.8) is 0 Å². The number of hydrogen-bond donors (Lipinski definition) is 1. The highest BCUT2D eigenvalue weighted by Crippen LogP contribution is 2.31. The molecule has 0 radical (unpaired) electrons. The van der Waals surface area contributed by atoms with Crippen LogP contribution in [0.15, 0.2) is 72.8 Å². The highest BCUT2D eigenvalue weighted by atomic mass is 19.1. The van der Waals surface area contributed by atoms with Crippen molar-refractivity contribution in [2.75, 3.05) is 13.2 Å². The number of carbonyl (C=O) groups excluding carboxylic acids is 2. The van der Waals surface area contributed by atoms with Crippen molar-refractivity contribution in [2.45, 2.75) is 12.5 Å². The molecule has 0 spiro atoms. The Hall–Kier alpha value is -3.67. The minimum absolute atomic E-state index is 0.139. The van der Waals surface area contributed by atoms with Gasteiger partial charge in [0.2, 0.25) is 0 Å². The third-order valence-electron chi connectivity index (χ3n) is 4.90. The molecule has 1 atom stereocenters. The first-order chi connectivity index (χ1) is 14.6. The number of benzene rings is 3. The largest absolute Gasteiger partial charge is 0.489 e. The summed E-state index contributed by atoms with van der Waals surface area (Å²) in [6.07, 6.45) is 0.126. The van der Waals surface area contributed by atoms with Crippen LogP contribution in [0.5, 0.6) is 5.75 Å². The molecule has 3 aromatic rings. The molecule has 152 valence electrons. The highest BCUT2D eigenvalue weighted by molar-refractivity contribution is 5.97. The van der Waals surface area contributed by atoms with Gasteiger partial charge in [-0.1, -0.05) is 42.5 Å². The molecule has 5 nitrogen and oxygen atoms in total. The number of ether oxygens (including phenoxy) is 2. The van der Waals surface area contributed by atoms with Gasteiger partial charge in [0.25, 0.3) is 5.91 Å². The number of nitrogens with one attached hydrogen (secondary N) is 1. The smallest absolute Gasteiger partial charge is 0.339 e. The van der Waals surface area contributed by atoms with E-state index in [2.05, 4.69) is 5.32 Å². The molecule has 3 aromatic carbocycles. The standard InChI is InChI=1S/C24H20FNO4/c25-20-8-4-5-9-21(20)29-13-12-26-23(27)17-10-11-19-18(14-17)15-22(30-24(19)28)16-6-2-1-3-7-16/h1-11,14,22H,12-13,15H2,(H,26,27). The minimum Gasteiger partial charge on any atom is -0.489 e. The molecule has 1 heterocycles. The maximum absolute atomic E-state index is 13.5. The van der Waals surface area contributed by atoms with Crippen LogP contribution >= 0.6 is 0 Å². The zero-order chi connectivity index (χ0) is 20.9. The van der Waals surface area contributed by atoms with Gasteiger partial charge < -0.3 is 14.8 Å². The number of rotatable bonds is 6. The van der Waals surface area contributed by atoms with Gasteiger partial charge in [-0.3, -0.25) is 4.79 Å². The Balaban J connectivity index is 1.39. The number of hydrogen-bond acceptors (Lipinski definition) is 4. The van der Waals surface area contributed by atoms with E-state index in [-0.39, 0.29) is 30.9 Å². The van der Waals surface area contributed by atoms with Crippen LogP contribution in [0.25, 0.3) is 0 Å². The lowest BCUT2D eigenvalue weighted by molar-refractivity contribution is 0.0252. The second kappa shape index (κ2) is 8.78. The molecular formula is C24H20FNO4. The Bertz CT molecular complexity index is 1070. The van der Waals surface area contributed by atoms with Gasteiger partial charge in [-0.15, -0.1) is 0 Å². The Morgan fingerprint density at radius 3 is 2.63 bits per heavy atom. The third kappa shape index (κ3) is 4.33. The fourth-order valence-corrected chi connectivity index (χ4v) is 3.38. The van der Waals surface area contributed by atoms with Crippen LogP contribution in [0.1, 0.15) is 37.9 Å². The lowest BCUT2D eigenvalue weighted by Crippen LogP contribution is -2.29. The van der Waals surface area contributed by atoms with Crippen LogP contribution in [0.2, 0.25) is 0 Å². The first-order valence-electron chi connectivity index (χ1n) is 9.66. The zero-order valence-corrected chi connectivity index (χ0v) is 16.1. The second-order valence-corrected chi connectivity index (χ2v) is 6.92. The van der Waals surface area contributed by atoms with E-state index in [1.165, 1.54) is 12.1 Å². The summed E-state index contributed by atoms with van der Waals surface area (Å²) in [6.45, 7) is 0.360. The summed E-state index contributed by atoms with van der Waals surface area (Å²) in [4.78, 5) is 24.8. The fraction of sp³-hybridized carbons (Fsp3) is 0.167. The van der Waals surface area contributed by atoms with Gasteiger partial charge in [0.1, 0.15) is 12.7 Å². The number of amides is 1. The molecule has 6 heteroatoms. The topological polar surface area (TPSA) is 64.6 Å². The molecule has 1 aliphatic heterocycles. The lowest BCUT2D eigenvalue weighted by Gasteiger charge is -2.25. The molecule has 0 saturated heterocycles. The Morgan fingerprint density at radius 1 is 1.07 bits per heavy atom. The van der Waals surface area contributed by atoms with Gasteiger partial charge >= 0.3 is 5.97 Å². The summed E-state index contributed by atoms with van der Waals surface area (Å²) in [6, 6.07) is 20.6. The summed E-state index contributed by atoms with van der Waals surface area (Å²) < 4.78 is 24.4. The van der Waals surface area contributed by atoms with Crippen molar-refractivity contribution < 1.29 is 23.5 Å². The van der Waals surface area contributed by atoms with Gasteiger partial charge in [-0.2, -0.15) is 0 Å². The van der Waals surface area contributed by atoms with Crippen LogP contribution in [0.4, 0.5) is 4.39 Å². The number of halogens is 1. The van der Waals surface area contributed by atoms with Gasteiger partial charge in [-0.25, -0.2) is 9.18 Å². The van der Waals surface area contributed by atoms with Crippen LogP contribution in [0.3, 0.4) is 0 Å². The van der Waals surface area contributed by atoms with Crippen molar-refractivity contribution in [2.24, 2.45) is 0 Å². The summed E-state index contributed by atoms with van der Waals surface area (Å²) in [5, 5.41) is 2.75. The number of fused-ring (bicyclic) bond motifs is 1. The van der Waals surface area contributed by atoms with Crippen molar-refractivity contribution >= 4 is 11.9 Å². The van der Waals surface area contributed by atoms with E-state index in [0.29, 0.717) is 17.5 Å². The van der Waals surface area contributed by atoms with E-state index in [1.807, 2.05) is 30.3 Å². The summed E-state index contributed by atoms with van der Waals surface area (Å²) >= 11 is 0. The molecule has 1 aliphatic rings. The average molecular weight is 405 g/mol. The highest BCUT2D eigenvalue weighted by Gasteiger charge is 2.28. The van der Waals surface area contributed by atoms with E-state index in [9.17, 15) is 14.0 Å². The van der Waals surface area contributed by atoms with Crippen LogP contribution in [0, 0.1) is 5.82 Å². The molecule has 0 bridgehead atoms. The Labute approximate surface area is 173 Å². The van der Waals surface area contributed by atoms with Crippen molar-refractivity contribution in [1.29, 1.82) is 0 Å². The summed E-state index contributed by atoms with van der Waals surface area (Å²) in [5.74, 6) is -0.982. The molecule has 1 unspecified atom stereocenters. The van der Waals surface area contributed by atoms with Gasteiger partial charge in [-0.05, 0) is 41.5 Å². The van der Waals surface area contributed by atoms with E-state index in [0.717, 1.165) is 11.1 Å². The zero-order valence-electron chi connectivity index (χ0n) is 16.1. The quantitative estimate of drug-likeness (QED) is 0.496. The Morgan fingerprint density at radius 2 is 1.83 bits per heavy atom. The van der Waals surface area contributed by atoms with Crippen molar-refractivity contribution in [1.82, 2.24) is 5.32 Å². The maximum Gasteiger partial charge on any atom is 0.339 e. The van der Waals surface area contributed by atoms with Gasteiger partial charge in [0.15, 0.2) is 11.6 Å². The minimum atomic E-state index is -0.446. The van der Waals surface area contributed by atoms with Crippen LogP contribution in [-0.4, -0.2) is 25.0 Å². The first kappa shape index (κ1) is 19.6. The normalized spacial score (nSPS) is 15.1. The summed E-state index contributed by atoms with van der Waals surface area (Å²) in [7, 11) is 0. The van der Waals surface area contributed by atoms with E-state index in [4.69, 9.17) is 9.47 Å². The fourth-order valence-electron chi connectivity index (χ4n) is 3.38. The second-order valence-electron chi connectivity index (χ2n) is 6.92. The number of esters is 1. The molecule has 1 N–H and O–H groups in total. The monoisotopic (exact) mass is 405 g/mol. The van der Waals surface area contributed by atoms with E-state index < -0.39 is 11.8 Å². The average Bonchev–Trinajstić information content (AvgIpc) is 2.78. The summed E-state index contributed by atoms with van der Waals surface area (Å²) in [5.41, 5.74) is 2.61. The van der Waals surface area contributed by atoms with Gasteiger partial charge in [0.05, 0.1) is 12.1 Å². The van der Waals surface area contributed by atoms with Crippen LogP contribution < -0.4 is 10.1 Å². The molecule has 0 aliphatic carbocycles. The molecule has 1 amide bonds. The molecule has 4 rings (SSSR count). The molecule has 30 heavy (non-hydrogen) atoms. The number of para-hydroxylation sites is 1. The van der Waals surface area contributed by atoms with Gasteiger partial charge in [0, 0.05) is 12.0 Å². The first-order valence-corrected chi connectivity index (χ1v) is 9.66. The van der Waals surface area contributed by atoms with Crippen molar-refractivity contribution in [3.05, 3.63) is 101 Å². The number of cyclic esters (lactones) is 1.